The van der Waals surface area contributed by atoms with E-state index in [1.165, 1.54) is 0 Å². The molecule has 2 aliphatic carbocycles. The fourth-order valence-electron chi connectivity index (χ4n) is 3.48. The molecule has 0 amide bonds. The lowest BCUT2D eigenvalue weighted by Crippen LogP contribution is -2.37. The average Bonchev–Trinajstić information content (AvgIpc) is 2.93. The number of benzene rings is 1. The third-order valence-corrected chi connectivity index (χ3v) is 4.33. The van der Waals surface area contributed by atoms with Gasteiger partial charge in [0.25, 0.3) is 0 Å². The molecular weight excluding hydrogens is 242 g/mol. The quantitative estimate of drug-likeness (QED) is 0.617. The van der Waals surface area contributed by atoms with Crippen molar-refractivity contribution in [2.45, 2.75) is 18.9 Å². The van der Waals surface area contributed by atoms with E-state index in [1.54, 1.807) is 0 Å². The first-order valence-corrected chi connectivity index (χ1v) is 6.56. The zero-order chi connectivity index (χ0) is 13.4. The summed E-state index contributed by atoms with van der Waals surface area (Å²) < 4.78 is 0. The van der Waals surface area contributed by atoms with Gasteiger partial charge in [0.1, 0.15) is 5.78 Å². The van der Waals surface area contributed by atoms with Crippen LogP contribution >= 0.6 is 0 Å². The number of hydrogen-bond acceptors (Lipinski definition) is 3. The van der Waals surface area contributed by atoms with E-state index in [4.69, 9.17) is 0 Å². The molecule has 98 valence electrons. The van der Waals surface area contributed by atoms with Crippen LogP contribution in [0.5, 0.6) is 0 Å². The van der Waals surface area contributed by atoms with Gasteiger partial charge in [-0.3, -0.25) is 14.9 Å². The van der Waals surface area contributed by atoms with Crippen LogP contribution in [0.25, 0.3) is 6.08 Å². The molecule has 0 saturated heterocycles. The van der Waals surface area contributed by atoms with Crippen LogP contribution in [0.15, 0.2) is 36.4 Å². The summed E-state index contributed by atoms with van der Waals surface area (Å²) in [6.07, 6.45) is 4.85. The number of carbonyl (C=O) groups excluding carboxylic acids is 1. The number of fused-ring (bicyclic) bond motifs is 2. The van der Waals surface area contributed by atoms with E-state index in [1.807, 2.05) is 42.5 Å². The standard InChI is InChI=1S/C15H15NO3/c17-14-9-11-8-13(14)12(15(11)16(18)19)7-6-10-4-2-1-3-5-10/h1-7,11-13,15H,8-9H2/b7-6+. The Kier molecular flexibility index (Phi) is 2.93. The Bertz CT molecular complexity index is 538. The van der Waals surface area contributed by atoms with Gasteiger partial charge in [-0.25, -0.2) is 0 Å². The number of rotatable bonds is 3. The van der Waals surface area contributed by atoms with Gasteiger partial charge in [-0.15, -0.1) is 0 Å². The summed E-state index contributed by atoms with van der Waals surface area (Å²) in [7, 11) is 0. The van der Waals surface area contributed by atoms with Gasteiger partial charge in [-0.2, -0.15) is 0 Å². The van der Waals surface area contributed by atoms with E-state index in [9.17, 15) is 14.9 Å². The molecule has 2 saturated carbocycles. The van der Waals surface area contributed by atoms with E-state index in [-0.39, 0.29) is 28.5 Å². The number of nitro groups is 1. The second kappa shape index (κ2) is 4.61. The molecule has 0 heterocycles. The van der Waals surface area contributed by atoms with Gasteiger partial charge < -0.3 is 0 Å². The Morgan fingerprint density at radius 2 is 2.00 bits per heavy atom. The lowest BCUT2D eigenvalue weighted by atomic mass is 9.83. The van der Waals surface area contributed by atoms with E-state index in [2.05, 4.69) is 0 Å². The molecule has 0 N–H and O–H groups in total. The zero-order valence-electron chi connectivity index (χ0n) is 10.4. The van der Waals surface area contributed by atoms with Crippen molar-refractivity contribution in [2.24, 2.45) is 17.8 Å². The SMILES string of the molecule is O=C1CC2CC1C(/C=C/c1ccccc1)C2[N+](=O)[O-]. The van der Waals surface area contributed by atoms with E-state index in [0.29, 0.717) is 12.8 Å². The minimum atomic E-state index is -0.581. The highest BCUT2D eigenvalue weighted by Gasteiger charge is 2.57. The summed E-state index contributed by atoms with van der Waals surface area (Å²) in [5.74, 6) is -0.231. The normalized spacial score (nSPS) is 33.2. The summed E-state index contributed by atoms with van der Waals surface area (Å²) >= 11 is 0. The predicted molar refractivity (Wildman–Crippen MR) is 71.0 cm³/mol. The zero-order valence-corrected chi connectivity index (χ0v) is 10.4. The molecule has 4 atom stereocenters. The van der Waals surface area contributed by atoms with Crippen molar-refractivity contribution < 1.29 is 9.72 Å². The Morgan fingerprint density at radius 1 is 1.26 bits per heavy atom. The molecule has 2 aliphatic rings. The molecule has 4 nitrogen and oxygen atoms in total. The van der Waals surface area contributed by atoms with Crippen molar-refractivity contribution in [3.8, 4) is 0 Å². The first-order chi connectivity index (χ1) is 9.16. The molecule has 4 heteroatoms. The molecule has 0 aromatic heterocycles. The van der Waals surface area contributed by atoms with E-state index < -0.39 is 6.04 Å². The topological polar surface area (TPSA) is 60.2 Å². The fraction of sp³-hybridized carbons (Fsp3) is 0.400. The highest BCUT2D eigenvalue weighted by molar-refractivity contribution is 5.85. The third kappa shape index (κ3) is 2.07. The molecule has 0 radical (unpaired) electrons. The smallest absolute Gasteiger partial charge is 0.223 e. The van der Waals surface area contributed by atoms with Crippen molar-refractivity contribution in [3.05, 3.63) is 52.1 Å². The maximum atomic E-state index is 11.8. The number of carbonyl (C=O) groups is 1. The molecule has 1 aromatic carbocycles. The molecule has 2 fully saturated rings. The second-order valence-corrected chi connectivity index (χ2v) is 5.40. The van der Waals surface area contributed by atoms with Crippen LogP contribution < -0.4 is 0 Å². The highest BCUT2D eigenvalue weighted by atomic mass is 16.6. The molecule has 19 heavy (non-hydrogen) atoms. The van der Waals surface area contributed by atoms with Crippen LogP contribution in [-0.2, 0) is 4.79 Å². The third-order valence-electron chi connectivity index (χ3n) is 4.33. The molecule has 3 rings (SSSR count). The first kappa shape index (κ1) is 12.1. The maximum absolute atomic E-state index is 11.8. The lowest BCUT2D eigenvalue weighted by Gasteiger charge is -2.21. The van der Waals surface area contributed by atoms with Crippen molar-refractivity contribution >= 4 is 11.9 Å². The lowest BCUT2D eigenvalue weighted by molar-refractivity contribution is -0.535. The Hall–Kier alpha value is -1.97. The van der Waals surface area contributed by atoms with Gasteiger partial charge >= 0.3 is 0 Å². The fourth-order valence-corrected chi connectivity index (χ4v) is 3.48. The van der Waals surface area contributed by atoms with E-state index in [0.717, 1.165) is 5.56 Å². The van der Waals surface area contributed by atoms with Crippen LogP contribution in [0.1, 0.15) is 18.4 Å². The highest BCUT2D eigenvalue weighted by Crippen LogP contribution is 2.48. The van der Waals surface area contributed by atoms with Crippen molar-refractivity contribution in [1.82, 2.24) is 0 Å². The molecule has 2 bridgehead atoms. The number of hydrogen-bond donors (Lipinski definition) is 0. The van der Waals surface area contributed by atoms with Gasteiger partial charge in [0.15, 0.2) is 0 Å². The summed E-state index contributed by atoms with van der Waals surface area (Å²) in [6.45, 7) is 0. The number of nitrogens with zero attached hydrogens (tertiary/aromatic N) is 1. The van der Waals surface area contributed by atoms with Crippen molar-refractivity contribution in [3.63, 3.8) is 0 Å². The van der Waals surface area contributed by atoms with Crippen molar-refractivity contribution in [1.29, 1.82) is 0 Å². The van der Waals surface area contributed by atoms with Gasteiger partial charge in [0.05, 0.1) is 5.92 Å². The summed E-state index contributed by atoms with van der Waals surface area (Å²) in [6, 6.07) is 9.10. The van der Waals surface area contributed by atoms with Gasteiger partial charge in [0.2, 0.25) is 6.04 Å². The van der Waals surface area contributed by atoms with Gasteiger partial charge in [0, 0.05) is 23.2 Å². The molecule has 0 aliphatic heterocycles. The van der Waals surface area contributed by atoms with Crippen LogP contribution in [0, 0.1) is 27.9 Å². The Morgan fingerprint density at radius 3 is 2.68 bits per heavy atom. The molecule has 4 unspecified atom stereocenters. The van der Waals surface area contributed by atoms with Gasteiger partial charge in [-0.1, -0.05) is 42.5 Å². The second-order valence-electron chi connectivity index (χ2n) is 5.40. The minimum Gasteiger partial charge on any atom is -0.299 e. The molecule has 1 aromatic rings. The predicted octanol–water partition coefficient (Wildman–Crippen LogP) is 2.57. The van der Waals surface area contributed by atoms with E-state index >= 15 is 0 Å². The number of Topliss-reactive ketones (excluding diaryl/α,β-unsaturated/α-hetero) is 1. The van der Waals surface area contributed by atoms with Crippen LogP contribution in [-0.4, -0.2) is 16.7 Å². The summed E-state index contributed by atoms with van der Waals surface area (Å²) in [5, 5.41) is 11.2. The van der Waals surface area contributed by atoms with Gasteiger partial charge in [-0.05, 0) is 12.0 Å². The molecular formula is C15H15NO3. The molecule has 0 spiro atoms. The van der Waals surface area contributed by atoms with Crippen LogP contribution in [0.2, 0.25) is 0 Å². The maximum Gasteiger partial charge on any atom is 0.223 e. The van der Waals surface area contributed by atoms with Crippen LogP contribution in [0.3, 0.4) is 0 Å². The monoisotopic (exact) mass is 257 g/mol. The Labute approximate surface area is 111 Å². The number of ketones is 1. The first-order valence-electron chi connectivity index (χ1n) is 6.56. The van der Waals surface area contributed by atoms with Crippen molar-refractivity contribution in [2.75, 3.05) is 0 Å². The largest absolute Gasteiger partial charge is 0.299 e. The minimum absolute atomic E-state index is 0.0575. The summed E-state index contributed by atoms with van der Waals surface area (Å²) in [4.78, 5) is 22.8. The summed E-state index contributed by atoms with van der Waals surface area (Å²) in [5.41, 5.74) is 1.01. The Balaban J connectivity index is 1.84. The van der Waals surface area contributed by atoms with Crippen LogP contribution in [0.4, 0.5) is 0 Å². The average molecular weight is 257 g/mol.